The minimum Gasteiger partial charge on any atom is -0.481 e. The molecule has 1 N–H and O–H groups in total. The molecule has 0 aliphatic carbocycles. The van der Waals surface area contributed by atoms with E-state index < -0.39 is 5.97 Å². The first-order valence-electron chi connectivity index (χ1n) is 4.31. The predicted molar refractivity (Wildman–Crippen MR) is 51.4 cm³/mol. The van der Waals surface area contributed by atoms with Gasteiger partial charge in [-0.05, 0) is 6.42 Å². The van der Waals surface area contributed by atoms with Gasteiger partial charge < -0.3 is 9.52 Å². The van der Waals surface area contributed by atoms with Gasteiger partial charge in [-0.2, -0.15) is 0 Å². The van der Waals surface area contributed by atoms with E-state index in [1.165, 1.54) is 0 Å². The summed E-state index contributed by atoms with van der Waals surface area (Å²) in [5.41, 5.74) is 0. The lowest BCUT2D eigenvalue weighted by Gasteiger charge is -1.99. The standard InChI is InChI=1S/C8H12N2O3S/c1-3-5(2)7-9-10-8(13-7)14-4-6(11)12/h5H,3-4H2,1-2H3,(H,11,12). The van der Waals surface area contributed by atoms with E-state index in [1.807, 2.05) is 13.8 Å². The van der Waals surface area contributed by atoms with Crippen LogP contribution in [-0.2, 0) is 4.79 Å². The highest BCUT2D eigenvalue weighted by molar-refractivity contribution is 7.99. The fourth-order valence-corrected chi connectivity index (χ4v) is 1.27. The summed E-state index contributed by atoms with van der Waals surface area (Å²) in [5.74, 6) is -0.150. The summed E-state index contributed by atoms with van der Waals surface area (Å²) in [6, 6.07) is 0. The lowest BCUT2D eigenvalue weighted by molar-refractivity contribution is -0.133. The Labute approximate surface area is 85.9 Å². The molecular weight excluding hydrogens is 204 g/mol. The van der Waals surface area contributed by atoms with Crippen LogP contribution in [0.5, 0.6) is 0 Å². The van der Waals surface area contributed by atoms with Crippen molar-refractivity contribution in [1.82, 2.24) is 10.2 Å². The lowest BCUT2D eigenvalue weighted by atomic mass is 10.1. The first-order chi connectivity index (χ1) is 6.63. The molecule has 0 aliphatic heterocycles. The molecule has 1 atom stereocenters. The first kappa shape index (κ1) is 11.0. The van der Waals surface area contributed by atoms with Crippen LogP contribution in [0.3, 0.4) is 0 Å². The predicted octanol–water partition coefficient (Wildman–Crippen LogP) is 1.76. The molecular formula is C8H12N2O3S. The van der Waals surface area contributed by atoms with Gasteiger partial charge in [-0.15, -0.1) is 10.2 Å². The maximum absolute atomic E-state index is 10.3. The zero-order valence-electron chi connectivity index (χ0n) is 8.06. The Hall–Kier alpha value is -1.04. The summed E-state index contributed by atoms with van der Waals surface area (Å²) in [5, 5.41) is 16.3. The number of aliphatic carboxylic acids is 1. The molecule has 0 aromatic carbocycles. The number of rotatable bonds is 5. The molecule has 0 aliphatic rings. The van der Waals surface area contributed by atoms with Gasteiger partial charge in [0.05, 0.1) is 0 Å². The zero-order valence-corrected chi connectivity index (χ0v) is 8.87. The van der Waals surface area contributed by atoms with Crippen LogP contribution in [-0.4, -0.2) is 27.0 Å². The van der Waals surface area contributed by atoms with Gasteiger partial charge in [0.1, 0.15) is 5.75 Å². The summed E-state index contributed by atoms with van der Waals surface area (Å²) < 4.78 is 5.26. The second-order valence-corrected chi connectivity index (χ2v) is 3.82. The summed E-state index contributed by atoms with van der Waals surface area (Å²) in [7, 11) is 0. The number of nitrogens with zero attached hydrogens (tertiary/aromatic N) is 2. The van der Waals surface area contributed by atoms with Crippen molar-refractivity contribution >= 4 is 17.7 Å². The third kappa shape index (κ3) is 3.02. The van der Waals surface area contributed by atoms with Crippen LogP contribution in [0.4, 0.5) is 0 Å². The van der Waals surface area contributed by atoms with Crippen LogP contribution in [0, 0.1) is 0 Å². The van der Waals surface area contributed by atoms with Crippen molar-refractivity contribution < 1.29 is 14.3 Å². The summed E-state index contributed by atoms with van der Waals surface area (Å²) >= 11 is 1.04. The van der Waals surface area contributed by atoms with Crippen LogP contribution in [0.25, 0.3) is 0 Å². The normalized spacial score (nSPS) is 12.7. The molecule has 6 heteroatoms. The molecule has 0 spiro atoms. The SMILES string of the molecule is CCC(C)c1nnc(SCC(=O)O)o1. The molecule has 0 saturated heterocycles. The number of hydrogen-bond donors (Lipinski definition) is 1. The van der Waals surface area contributed by atoms with E-state index in [-0.39, 0.29) is 11.7 Å². The van der Waals surface area contributed by atoms with E-state index in [2.05, 4.69) is 10.2 Å². The molecule has 78 valence electrons. The monoisotopic (exact) mass is 216 g/mol. The van der Waals surface area contributed by atoms with Gasteiger partial charge in [0, 0.05) is 5.92 Å². The second kappa shape index (κ2) is 4.99. The highest BCUT2D eigenvalue weighted by Crippen LogP contribution is 2.21. The van der Waals surface area contributed by atoms with Crippen molar-refractivity contribution in [3.63, 3.8) is 0 Å². The fourth-order valence-electron chi connectivity index (χ4n) is 0.776. The smallest absolute Gasteiger partial charge is 0.314 e. The minimum atomic E-state index is -0.890. The van der Waals surface area contributed by atoms with Crippen molar-refractivity contribution in [3.8, 4) is 0 Å². The third-order valence-corrected chi connectivity index (χ3v) is 2.58. The Balaban J connectivity index is 2.54. The molecule has 0 saturated carbocycles. The zero-order chi connectivity index (χ0) is 10.6. The summed E-state index contributed by atoms with van der Waals surface area (Å²) in [6.45, 7) is 4.01. The van der Waals surface area contributed by atoms with Gasteiger partial charge in [0.2, 0.25) is 5.89 Å². The highest BCUT2D eigenvalue weighted by atomic mass is 32.2. The molecule has 0 amide bonds. The Kier molecular flexibility index (Phi) is 3.94. The van der Waals surface area contributed by atoms with Gasteiger partial charge in [0.15, 0.2) is 0 Å². The Bertz CT molecular complexity index is 313. The quantitative estimate of drug-likeness (QED) is 0.756. The topological polar surface area (TPSA) is 76.2 Å². The van der Waals surface area contributed by atoms with Crippen molar-refractivity contribution in [2.24, 2.45) is 0 Å². The van der Waals surface area contributed by atoms with Gasteiger partial charge in [-0.1, -0.05) is 25.6 Å². The molecule has 1 unspecified atom stereocenters. The lowest BCUT2D eigenvalue weighted by Crippen LogP contribution is -1.97. The molecule has 14 heavy (non-hydrogen) atoms. The number of carbonyl (C=O) groups is 1. The molecule has 5 nitrogen and oxygen atoms in total. The van der Waals surface area contributed by atoms with E-state index in [0.717, 1.165) is 18.2 Å². The first-order valence-corrected chi connectivity index (χ1v) is 5.30. The van der Waals surface area contributed by atoms with E-state index in [0.29, 0.717) is 11.1 Å². The van der Waals surface area contributed by atoms with Crippen LogP contribution in [0.2, 0.25) is 0 Å². The molecule has 1 rings (SSSR count). The molecule has 0 radical (unpaired) electrons. The molecule has 0 fully saturated rings. The van der Waals surface area contributed by atoms with Gasteiger partial charge in [-0.25, -0.2) is 0 Å². The maximum Gasteiger partial charge on any atom is 0.314 e. The fraction of sp³-hybridized carbons (Fsp3) is 0.625. The number of carboxylic acids is 1. The van der Waals surface area contributed by atoms with Crippen LogP contribution >= 0.6 is 11.8 Å². The number of thioether (sulfide) groups is 1. The molecule has 1 heterocycles. The largest absolute Gasteiger partial charge is 0.481 e. The van der Waals surface area contributed by atoms with Crippen LogP contribution in [0.15, 0.2) is 9.64 Å². The number of carboxylic acid groups (broad SMARTS) is 1. The minimum absolute atomic E-state index is 0.0534. The Morgan fingerprint density at radius 2 is 2.36 bits per heavy atom. The van der Waals surface area contributed by atoms with Gasteiger partial charge in [-0.3, -0.25) is 4.79 Å². The van der Waals surface area contributed by atoms with E-state index in [1.54, 1.807) is 0 Å². The van der Waals surface area contributed by atoms with Gasteiger partial charge in [0.25, 0.3) is 5.22 Å². The van der Waals surface area contributed by atoms with Crippen molar-refractivity contribution in [2.45, 2.75) is 31.4 Å². The second-order valence-electron chi connectivity index (χ2n) is 2.90. The third-order valence-electron chi connectivity index (χ3n) is 1.78. The molecule has 0 bridgehead atoms. The number of hydrogen-bond acceptors (Lipinski definition) is 5. The number of aromatic nitrogens is 2. The van der Waals surface area contributed by atoms with E-state index >= 15 is 0 Å². The van der Waals surface area contributed by atoms with Gasteiger partial charge >= 0.3 is 5.97 Å². The van der Waals surface area contributed by atoms with Crippen LogP contribution in [0.1, 0.15) is 32.1 Å². The van der Waals surface area contributed by atoms with Crippen molar-refractivity contribution in [1.29, 1.82) is 0 Å². The molecule has 1 aromatic rings. The maximum atomic E-state index is 10.3. The Morgan fingerprint density at radius 3 is 2.93 bits per heavy atom. The summed E-state index contributed by atoms with van der Waals surface area (Å²) in [6.07, 6.45) is 0.922. The molecule has 1 aromatic heterocycles. The van der Waals surface area contributed by atoms with Crippen molar-refractivity contribution in [3.05, 3.63) is 5.89 Å². The Morgan fingerprint density at radius 1 is 1.64 bits per heavy atom. The average molecular weight is 216 g/mol. The van der Waals surface area contributed by atoms with Crippen LogP contribution < -0.4 is 0 Å². The van der Waals surface area contributed by atoms with E-state index in [4.69, 9.17) is 9.52 Å². The summed E-state index contributed by atoms with van der Waals surface area (Å²) in [4.78, 5) is 10.3. The van der Waals surface area contributed by atoms with Crippen molar-refractivity contribution in [2.75, 3.05) is 5.75 Å². The van der Waals surface area contributed by atoms with E-state index in [9.17, 15) is 4.79 Å². The average Bonchev–Trinajstić information content (AvgIpc) is 2.62. The highest BCUT2D eigenvalue weighted by Gasteiger charge is 2.12.